The molecule has 0 amide bonds. The van der Waals surface area contributed by atoms with Crippen LogP contribution in [0.4, 0.5) is 24.5 Å². The van der Waals surface area contributed by atoms with Crippen molar-refractivity contribution in [1.29, 1.82) is 0 Å². The van der Waals surface area contributed by atoms with Gasteiger partial charge in [0.15, 0.2) is 0 Å². The maximum Gasteiger partial charge on any atom is 0.405 e. The molecule has 0 saturated carbocycles. The number of ether oxygens (including phenoxy) is 1. The molecule has 0 spiro atoms. The first-order chi connectivity index (χ1) is 9.30. The van der Waals surface area contributed by atoms with Crippen LogP contribution in [0.3, 0.4) is 0 Å². The second-order valence-electron chi connectivity index (χ2n) is 4.27. The zero-order valence-corrected chi connectivity index (χ0v) is 11.3. The van der Waals surface area contributed by atoms with Crippen molar-refractivity contribution >= 4 is 17.3 Å². The molecule has 0 radical (unpaired) electrons. The Hall–Kier alpha value is -1.92. The number of alkyl halides is 3. The van der Waals surface area contributed by atoms with Gasteiger partial charge in [-0.2, -0.15) is 13.2 Å². The van der Waals surface area contributed by atoms with Gasteiger partial charge in [0, 0.05) is 6.54 Å². The zero-order chi connectivity index (χ0) is 15.3. The molecule has 0 atom stereocenters. The van der Waals surface area contributed by atoms with Crippen molar-refractivity contribution in [3.05, 3.63) is 23.8 Å². The number of anilines is 2. The molecule has 4 nitrogen and oxygen atoms in total. The third-order valence-corrected chi connectivity index (χ3v) is 2.69. The number of halogens is 3. The van der Waals surface area contributed by atoms with E-state index >= 15 is 0 Å². The molecular weight excluding hydrogens is 273 g/mol. The summed E-state index contributed by atoms with van der Waals surface area (Å²) in [5.41, 5.74) is 6.05. The fourth-order valence-electron chi connectivity index (χ4n) is 1.89. The molecule has 0 saturated heterocycles. The summed E-state index contributed by atoms with van der Waals surface area (Å²) in [4.78, 5) is 12.6. The second kappa shape index (κ2) is 6.49. The van der Waals surface area contributed by atoms with Crippen molar-refractivity contribution < 1.29 is 22.7 Å². The fraction of sp³-hybridized carbons (Fsp3) is 0.462. The third-order valence-electron chi connectivity index (χ3n) is 2.69. The maximum atomic E-state index is 12.6. The zero-order valence-electron chi connectivity index (χ0n) is 11.3. The lowest BCUT2D eigenvalue weighted by Gasteiger charge is -2.27. The van der Waals surface area contributed by atoms with Gasteiger partial charge in [-0.1, -0.05) is 13.0 Å². The highest BCUT2D eigenvalue weighted by Gasteiger charge is 2.31. The molecule has 0 aromatic heterocycles. The van der Waals surface area contributed by atoms with Gasteiger partial charge in [0.2, 0.25) is 0 Å². The van der Waals surface area contributed by atoms with Gasteiger partial charge >= 0.3 is 12.1 Å². The van der Waals surface area contributed by atoms with E-state index in [0.29, 0.717) is 6.42 Å². The summed E-state index contributed by atoms with van der Waals surface area (Å²) < 4.78 is 42.3. The molecule has 0 aliphatic rings. The number of methoxy groups -OCH3 is 1. The summed E-state index contributed by atoms with van der Waals surface area (Å²) in [5, 5.41) is 0. The normalized spacial score (nSPS) is 11.2. The highest BCUT2D eigenvalue weighted by Crippen LogP contribution is 2.30. The van der Waals surface area contributed by atoms with Crippen LogP contribution in [0.15, 0.2) is 18.2 Å². The first kappa shape index (κ1) is 16.1. The Morgan fingerprint density at radius 2 is 2.05 bits per heavy atom. The number of hydrogen-bond donors (Lipinski definition) is 1. The second-order valence-corrected chi connectivity index (χ2v) is 4.27. The molecule has 20 heavy (non-hydrogen) atoms. The Bertz CT molecular complexity index is 475. The minimum absolute atomic E-state index is 0.00273. The summed E-state index contributed by atoms with van der Waals surface area (Å²) in [6.45, 7) is 0.841. The average Bonchev–Trinajstić information content (AvgIpc) is 2.36. The standard InChI is InChI=1S/C13H17F3N2O2/c1-3-7-18(8-13(14,15)16)10-6-4-5-9(11(10)17)12(19)20-2/h4-6H,3,7-8,17H2,1-2H3. The SMILES string of the molecule is CCCN(CC(F)(F)F)c1cccc(C(=O)OC)c1N. The van der Waals surface area contributed by atoms with Gasteiger partial charge < -0.3 is 15.4 Å². The van der Waals surface area contributed by atoms with Crippen LogP contribution in [0.25, 0.3) is 0 Å². The molecule has 1 aromatic rings. The van der Waals surface area contributed by atoms with Gasteiger partial charge in [0.05, 0.1) is 24.0 Å². The number of rotatable bonds is 5. The Labute approximate surface area is 115 Å². The highest BCUT2D eigenvalue weighted by atomic mass is 19.4. The number of esters is 1. The molecule has 112 valence electrons. The summed E-state index contributed by atoms with van der Waals surface area (Å²) in [6.07, 6.45) is -3.82. The van der Waals surface area contributed by atoms with E-state index in [-0.39, 0.29) is 23.5 Å². The van der Waals surface area contributed by atoms with E-state index in [1.54, 1.807) is 6.92 Å². The number of para-hydroxylation sites is 1. The molecule has 0 aliphatic carbocycles. The number of carbonyl (C=O) groups is 1. The van der Waals surface area contributed by atoms with Gasteiger partial charge in [-0.15, -0.1) is 0 Å². The summed E-state index contributed by atoms with van der Waals surface area (Å²) >= 11 is 0. The molecule has 1 aromatic carbocycles. The van der Waals surface area contributed by atoms with Crippen LogP contribution in [-0.2, 0) is 4.74 Å². The topological polar surface area (TPSA) is 55.6 Å². The highest BCUT2D eigenvalue weighted by molar-refractivity contribution is 5.98. The monoisotopic (exact) mass is 290 g/mol. The van der Waals surface area contributed by atoms with Crippen LogP contribution >= 0.6 is 0 Å². The van der Waals surface area contributed by atoms with Crippen LogP contribution in [0.1, 0.15) is 23.7 Å². The lowest BCUT2D eigenvalue weighted by molar-refractivity contribution is -0.119. The molecule has 0 heterocycles. The van der Waals surface area contributed by atoms with E-state index in [0.717, 1.165) is 4.90 Å². The quantitative estimate of drug-likeness (QED) is 0.669. The summed E-state index contributed by atoms with van der Waals surface area (Å²) in [5.74, 6) is -0.673. The first-order valence-corrected chi connectivity index (χ1v) is 6.08. The van der Waals surface area contributed by atoms with Gasteiger partial charge in [-0.3, -0.25) is 0 Å². The number of hydrogen-bond acceptors (Lipinski definition) is 4. The largest absolute Gasteiger partial charge is 0.465 e. The lowest BCUT2D eigenvalue weighted by atomic mass is 10.1. The lowest BCUT2D eigenvalue weighted by Crippen LogP contribution is -2.35. The Kier molecular flexibility index (Phi) is 5.24. The van der Waals surface area contributed by atoms with E-state index in [1.807, 2.05) is 0 Å². The third kappa shape index (κ3) is 4.04. The number of nitrogen functional groups attached to an aromatic ring is 1. The van der Waals surface area contributed by atoms with Crippen LogP contribution in [0.2, 0.25) is 0 Å². The average molecular weight is 290 g/mol. The van der Waals surface area contributed by atoms with E-state index < -0.39 is 18.7 Å². The molecule has 7 heteroatoms. The van der Waals surface area contributed by atoms with Crippen molar-refractivity contribution in [2.24, 2.45) is 0 Å². The van der Waals surface area contributed by atoms with E-state index in [4.69, 9.17) is 5.73 Å². The van der Waals surface area contributed by atoms with E-state index in [2.05, 4.69) is 4.74 Å². The van der Waals surface area contributed by atoms with Crippen LogP contribution in [0.5, 0.6) is 0 Å². The molecular formula is C13H17F3N2O2. The van der Waals surface area contributed by atoms with Crippen molar-refractivity contribution in [3.8, 4) is 0 Å². The molecule has 2 N–H and O–H groups in total. The minimum Gasteiger partial charge on any atom is -0.465 e. The smallest absolute Gasteiger partial charge is 0.405 e. The van der Waals surface area contributed by atoms with Crippen LogP contribution in [0, 0.1) is 0 Å². The number of nitrogens with two attached hydrogens (primary N) is 1. The summed E-state index contributed by atoms with van der Waals surface area (Å²) in [7, 11) is 1.19. The number of carbonyl (C=O) groups excluding carboxylic acids is 1. The summed E-state index contributed by atoms with van der Waals surface area (Å²) in [6, 6.07) is 4.36. The maximum absolute atomic E-state index is 12.6. The first-order valence-electron chi connectivity index (χ1n) is 6.08. The van der Waals surface area contributed by atoms with Gasteiger partial charge in [0.1, 0.15) is 6.54 Å². The van der Waals surface area contributed by atoms with Gasteiger partial charge in [-0.25, -0.2) is 4.79 Å². The van der Waals surface area contributed by atoms with Gasteiger partial charge in [0.25, 0.3) is 0 Å². The van der Waals surface area contributed by atoms with E-state index in [9.17, 15) is 18.0 Å². The van der Waals surface area contributed by atoms with Crippen molar-refractivity contribution in [2.75, 3.05) is 30.8 Å². The predicted octanol–water partition coefficient (Wildman–Crippen LogP) is 2.83. The van der Waals surface area contributed by atoms with Crippen molar-refractivity contribution in [3.63, 3.8) is 0 Å². The van der Waals surface area contributed by atoms with Crippen molar-refractivity contribution in [2.45, 2.75) is 19.5 Å². The minimum atomic E-state index is -4.34. The Balaban J connectivity index is 3.17. The predicted molar refractivity (Wildman–Crippen MR) is 70.8 cm³/mol. The molecule has 0 unspecified atom stereocenters. The Morgan fingerprint density at radius 3 is 2.55 bits per heavy atom. The molecule has 0 fully saturated rings. The Morgan fingerprint density at radius 1 is 1.40 bits per heavy atom. The molecule has 0 aliphatic heterocycles. The fourth-order valence-corrected chi connectivity index (χ4v) is 1.89. The van der Waals surface area contributed by atoms with Crippen LogP contribution < -0.4 is 10.6 Å². The molecule has 1 rings (SSSR count). The van der Waals surface area contributed by atoms with Crippen LogP contribution in [-0.4, -0.2) is 32.3 Å². The number of benzene rings is 1. The van der Waals surface area contributed by atoms with Gasteiger partial charge in [-0.05, 0) is 18.6 Å². The number of nitrogens with zero attached hydrogens (tertiary/aromatic N) is 1. The molecule has 0 bridgehead atoms. The van der Waals surface area contributed by atoms with Crippen molar-refractivity contribution in [1.82, 2.24) is 0 Å². The van der Waals surface area contributed by atoms with E-state index in [1.165, 1.54) is 25.3 Å².